The lowest BCUT2D eigenvalue weighted by molar-refractivity contribution is 0.202. The number of halogens is 1. The summed E-state index contributed by atoms with van der Waals surface area (Å²) in [6.07, 6.45) is 0.530. The number of rotatable bonds is 2. The van der Waals surface area contributed by atoms with E-state index in [9.17, 15) is 5.11 Å². The highest BCUT2D eigenvalue weighted by atomic mass is 35.5. The van der Waals surface area contributed by atoms with Crippen molar-refractivity contribution in [1.82, 2.24) is 0 Å². The van der Waals surface area contributed by atoms with Gasteiger partial charge < -0.3 is 10.0 Å². The minimum absolute atomic E-state index is 0.259. The van der Waals surface area contributed by atoms with Crippen LogP contribution in [-0.4, -0.2) is 24.6 Å². The summed E-state index contributed by atoms with van der Waals surface area (Å²) in [5.74, 6) is 0.259. The van der Waals surface area contributed by atoms with Gasteiger partial charge >= 0.3 is 0 Å². The van der Waals surface area contributed by atoms with Crippen molar-refractivity contribution in [1.29, 1.82) is 0 Å². The maximum Gasteiger partial charge on any atom is 0.0925 e. The summed E-state index contributed by atoms with van der Waals surface area (Å²) in [6.45, 7) is 1.07. The van der Waals surface area contributed by atoms with Crippen LogP contribution in [0.1, 0.15) is 17.2 Å². The Kier molecular flexibility index (Phi) is 2.66. The molecule has 0 fully saturated rings. The van der Waals surface area contributed by atoms with Crippen molar-refractivity contribution in [3.8, 4) is 0 Å². The zero-order valence-electron chi connectivity index (χ0n) is 8.20. The van der Waals surface area contributed by atoms with Gasteiger partial charge in [0.05, 0.1) is 12.0 Å². The molecule has 1 aliphatic heterocycles. The number of aliphatic hydroxyl groups excluding tert-OH is 1. The van der Waals surface area contributed by atoms with Gasteiger partial charge in [-0.2, -0.15) is 0 Å². The zero-order chi connectivity index (χ0) is 10.1. The second kappa shape index (κ2) is 3.79. The predicted octanol–water partition coefficient (Wildman–Crippen LogP) is 1.95. The fourth-order valence-corrected chi connectivity index (χ4v) is 2.06. The van der Waals surface area contributed by atoms with Crippen molar-refractivity contribution in [3.05, 3.63) is 29.3 Å². The molecule has 1 aromatic rings. The van der Waals surface area contributed by atoms with Crippen molar-refractivity contribution in [2.45, 2.75) is 12.5 Å². The number of anilines is 1. The lowest BCUT2D eigenvalue weighted by atomic mass is 10.1. The van der Waals surface area contributed by atoms with Crippen LogP contribution in [0.4, 0.5) is 5.69 Å². The van der Waals surface area contributed by atoms with Crippen molar-refractivity contribution in [2.75, 3.05) is 24.4 Å². The van der Waals surface area contributed by atoms with Crippen molar-refractivity contribution >= 4 is 17.3 Å². The van der Waals surface area contributed by atoms with Crippen LogP contribution in [0.3, 0.4) is 0 Å². The normalized spacial score (nSPS) is 16.9. The molecular weight excluding hydrogens is 198 g/mol. The van der Waals surface area contributed by atoms with E-state index in [0.29, 0.717) is 0 Å². The molecule has 14 heavy (non-hydrogen) atoms. The largest absolute Gasteiger partial charge is 0.387 e. The molecule has 0 aliphatic carbocycles. The lowest BCUT2D eigenvalue weighted by Crippen LogP contribution is -2.12. The van der Waals surface area contributed by atoms with Crippen LogP contribution in [0.5, 0.6) is 0 Å². The van der Waals surface area contributed by atoms with Gasteiger partial charge in [0.2, 0.25) is 0 Å². The monoisotopic (exact) mass is 211 g/mol. The molecule has 0 saturated carbocycles. The van der Waals surface area contributed by atoms with E-state index in [0.717, 1.165) is 18.5 Å². The predicted molar refractivity (Wildman–Crippen MR) is 59.1 cm³/mol. The lowest BCUT2D eigenvalue weighted by Gasteiger charge is -2.13. The van der Waals surface area contributed by atoms with E-state index in [1.807, 2.05) is 6.07 Å². The van der Waals surface area contributed by atoms with Crippen molar-refractivity contribution in [3.63, 3.8) is 0 Å². The van der Waals surface area contributed by atoms with Crippen LogP contribution >= 0.6 is 11.6 Å². The van der Waals surface area contributed by atoms with Crippen LogP contribution < -0.4 is 4.90 Å². The first-order valence-corrected chi connectivity index (χ1v) is 5.34. The number of benzene rings is 1. The Morgan fingerprint density at radius 3 is 3.07 bits per heavy atom. The second-order valence-corrected chi connectivity index (χ2v) is 4.04. The van der Waals surface area contributed by atoms with Gasteiger partial charge in [0.1, 0.15) is 0 Å². The van der Waals surface area contributed by atoms with Crippen LogP contribution in [-0.2, 0) is 6.42 Å². The minimum atomic E-state index is -0.534. The van der Waals surface area contributed by atoms with E-state index < -0.39 is 6.10 Å². The number of aliphatic hydroxyl groups is 1. The summed E-state index contributed by atoms with van der Waals surface area (Å²) in [6, 6.07) is 6.08. The number of hydrogen-bond acceptors (Lipinski definition) is 2. The number of fused-ring (bicyclic) bond motifs is 1. The summed E-state index contributed by atoms with van der Waals surface area (Å²) < 4.78 is 0. The van der Waals surface area contributed by atoms with Crippen LogP contribution in [0.15, 0.2) is 18.2 Å². The van der Waals surface area contributed by atoms with Crippen LogP contribution in [0.25, 0.3) is 0 Å². The first-order chi connectivity index (χ1) is 6.72. The van der Waals surface area contributed by atoms with Gasteiger partial charge in [-0.3, -0.25) is 0 Å². The summed E-state index contributed by atoms with van der Waals surface area (Å²) in [4.78, 5) is 2.23. The van der Waals surface area contributed by atoms with Crippen LogP contribution in [0.2, 0.25) is 0 Å². The molecule has 1 aromatic carbocycles. The molecule has 1 unspecified atom stereocenters. The summed E-state index contributed by atoms with van der Waals surface area (Å²) >= 11 is 5.61. The second-order valence-electron chi connectivity index (χ2n) is 3.73. The summed E-state index contributed by atoms with van der Waals surface area (Å²) in [5, 5.41) is 9.58. The molecule has 2 rings (SSSR count). The van der Waals surface area contributed by atoms with Gasteiger partial charge in [0.25, 0.3) is 0 Å². The number of likely N-dealkylation sites (N-methyl/N-ethyl adjacent to an activating group) is 1. The van der Waals surface area contributed by atoms with Gasteiger partial charge in [0.15, 0.2) is 0 Å². The minimum Gasteiger partial charge on any atom is -0.387 e. The standard InChI is InChI=1S/C11H14ClNO/c1-13-5-4-8-6-9(11(14)7-12)2-3-10(8)13/h2-3,6,11,14H,4-5,7H2,1H3. The third-order valence-electron chi connectivity index (χ3n) is 2.76. The van der Waals surface area contributed by atoms with Gasteiger partial charge in [0, 0.05) is 19.3 Å². The van der Waals surface area contributed by atoms with Crippen molar-refractivity contribution < 1.29 is 5.11 Å². The van der Waals surface area contributed by atoms with Crippen LogP contribution in [0, 0.1) is 0 Å². The van der Waals surface area contributed by atoms with E-state index in [-0.39, 0.29) is 5.88 Å². The molecule has 1 atom stereocenters. The molecule has 3 heteroatoms. The quantitative estimate of drug-likeness (QED) is 0.756. The SMILES string of the molecule is CN1CCc2cc(C(O)CCl)ccc21. The molecule has 0 saturated heterocycles. The molecule has 1 aliphatic rings. The maximum absolute atomic E-state index is 9.58. The molecule has 0 bridgehead atoms. The third kappa shape index (κ3) is 1.60. The number of alkyl halides is 1. The molecule has 1 N–H and O–H groups in total. The Bertz CT molecular complexity index is 340. The summed E-state index contributed by atoms with van der Waals surface area (Å²) in [5.41, 5.74) is 3.51. The van der Waals surface area contributed by atoms with Crippen molar-refractivity contribution in [2.24, 2.45) is 0 Å². The van der Waals surface area contributed by atoms with E-state index in [4.69, 9.17) is 11.6 Å². The Morgan fingerprint density at radius 1 is 1.57 bits per heavy atom. The first-order valence-electron chi connectivity index (χ1n) is 4.80. The molecule has 2 nitrogen and oxygen atoms in total. The van der Waals surface area contributed by atoms with E-state index in [2.05, 4.69) is 24.1 Å². The average molecular weight is 212 g/mol. The van der Waals surface area contributed by atoms with E-state index in [1.54, 1.807) is 0 Å². The zero-order valence-corrected chi connectivity index (χ0v) is 8.96. The number of hydrogen-bond donors (Lipinski definition) is 1. The smallest absolute Gasteiger partial charge is 0.0925 e. The third-order valence-corrected chi connectivity index (χ3v) is 3.05. The summed E-state index contributed by atoms with van der Waals surface area (Å²) in [7, 11) is 2.09. The van der Waals surface area contributed by atoms with Gasteiger partial charge in [-0.1, -0.05) is 12.1 Å². The first kappa shape index (κ1) is 9.81. The maximum atomic E-state index is 9.58. The molecule has 1 heterocycles. The Labute approximate surface area is 89.1 Å². The van der Waals surface area contributed by atoms with E-state index in [1.165, 1.54) is 11.3 Å². The molecule has 0 radical (unpaired) electrons. The fraction of sp³-hybridized carbons (Fsp3) is 0.455. The Hall–Kier alpha value is -0.730. The van der Waals surface area contributed by atoms with Gasteiger partial charge in [-0.05, 0) is 23.6 Å². The highest BCUT2D eigenvalue weighted by Crippen LogP contribution is 2.29. The highest BCUT2D eigenvalue weighted by Gasteiger charge is 2.17. The van der Waals surface area contributed by atoms with E-state index >= 15 is 0 Å². The fourth-order valence-electron chi connectivity index (χ4n) is 1.88. The highest BCUT2D eigenvalue weighted by molar-refractivity contribution is 6.18. The average Bonchev–Trinajstić information content (AvgIpc) is 2.59. The topological polar surface area (TPSA) is 23.5 Å². The van der Waals surface area contributed by atoms with Gasteiger partial charge in [-0.15, -0.1) is 11.6 Å². The van der Waals surface area contributed by atoms with Gasteiger partial charge in [-0.25, -0.2) is 0 Å². The Balaban J connectivity index is 2.32. The number of nitrogens with zero attached hydrogens (tertiary/aromatic N) is 1. The molecule has 0 amide bonds. The molecule has 0 aromatic heterocycles. The molecule has 0 spiro atoms. The molecule has 76 valence electrons. The molecular formula is C11H14ClNO. The Morgan fingerprint density at radius 2 is 2.36 bits per heavy atom.